The molecule has 9 heteroatoms. The van der Waals surface area contributed by atoms with Gasteiger partial charge >= 0.3 is 11.9 Å². The van der Waals surface area contributed by atoms with Crippen LogP contribution in [0.25, 0.3) is 22.4 Å². The zero-order valence-corrected chi connectivity index (χ0v) is 30.3. The molecule has 0 saturated carbocycles. The molecule has 1 atom stereocenters. The lowest BCUT2D eigenvalue weighted by Crippen LogP contribution is -2.35. The number of nitrogens with zero attached hydrogens (tertiary/aromatic N) is 4. The van der Waals surface area contributed by atoms with E-state index in [-0.39, 0.29) is 19.1 Å². The fourth-order valence-corrected chi connectivity index (χ4v) is 7.12. The number of esters is 2. The maximum atomic E-state index is 14.3. The maximum Gasteiger partial charge on any atom is 0.337 e. The first kappa shape index (κ1) is 35.6. The molecule has 0 spiro atoms. The number of imidazole rings is 1. The van der Waals surface area contributed by atoms with E-state index in [4.69, 9.17) is 14.5 Å². The van der Waals surface area contributed by atoms with E-state index in [0.29, 0.717) is 34.5 Å². The molecule has 268 valence electrons. The largest absolute Gasteiger partial charge is 0.463 e. The van der Waals surface area contributed by atoms with E-state index in [9.17, 15) is 9.59 Å². The third-order valence-corrected chi connectivity index (χ3v) is 9.46. The Kier molecular flexibility index (Phi) is 10.7. The number of dihydropyridines is 1. The first-order valence-corrected chi connectivity index (χ1v) is 17.9. The number of hydrogen-bond acceptors (Lipinski definition) is 8. The number of benzene rings is 3. The van der Waals surface area contributed by atoms with Crippen LogP contribution in [0.15, 0.2) is 145 Å². The number of fused-ring (bicyclic) bond motifs is 1. The average Bonchev–Trinajstić information content (AvgIpc) is 3.55. The highest BCUT2D eigenvalue weighted by Gasteiger charge is 2.40. The number of ether oxygens (including phenoxy) is 2. The molecule has 3 aromatic heterocycles. The zero-order valence-electron chi connectivity index (χ0n) is 30.3. The van der Waals surface area contributed by atoms with Crippen LogP contribution in [0.3, 0.4) is 0 Å². The maximum absolute atomic E-state index is 14.3. The van der Waals surface area contributed by atoms with Gasteiger partial charge in [0.1, 0.15) is 11.3 Å². The predicted molar refractivity (Wildman–Crippen MR) is 208 cm³/mol. The van der Waals surface area contributed by atoms with Gasteiger partial charge in [-0.2, -0.15) is 0 Å². The van der Waals surface area contributed by atoms with Gasteiger partial charge in [-0.3, -0.25) is 14.5 Å². The molecule has 3 aromatic carbocycles. The van der Waals surface area contributed by atoms with E-state index in [0.717, 1.165) is 39.2 Å². The summed E-state index contributed by atoms with van der Waals surface area (Å²) >= 11 is 0. The summed E-state index contributed by atoms with van der Waals surface area (Å²) in [5.41, 5.74) is 7.96. The van der Waals surface area contributed by atoms with Crippen molar-refractivity contribution in [3.63, 3.8) is 0 Å². The first-order valence-electron chi connectivity index (χ1n) is 17.9. The number of aryl methyl sites for hydroxylation is 1. The van der Waals surface area contributed by atoms with Crippen molar-refractivity contribution in [2.75, 3.05) is 13.2 Å². The molecule has 0 fully saturated rings. The molecule has 1 aliphatic rings. The Labute approximate surface area is 314 Å². The predicted octanol–water partition coefficient (Wildman–Crippen LogP) is 7.71. The summed E-state index contributed by atoms with van der Waals surface area (Å²) in [5, 5.41) is 3.45. The van der Waals surface area contributed by atoms with Gasteiger partial charge in [0.25, 0.3) is 0 Å². The van der Waals surface area contributed by atoms with Gasteiger partial charge in [0.15, 0.2) is 6.61 Å². The lowest BCUT2D eigenvalue weighted by Gasteiger charge is -2.34. The van der Waals surface area contributed by atoms with Crippen molar-refractivity contribution in [2.24, 2.45) is 5.92 Å². The second-order valence-electron chi connectivity index (χ2n) is 12.9. The van der Waals surface area contributed by atoms with Gasteiger partial charge in [-0.15, -0.1) is 0 Å². The van der Waals surface area contributed by atoms with E-state index >= 15 is 0 Å². The van der Waals surface area contributed by atoms with Crippen LogP contribution in [0.1, 0.15) is 54.3 Å². The van der Waals surface area contributed by atoms with Crippen LogP contribution in [-0.4, -0.2) is 44.7 Å². The van der Waals surface area contributed by atoms with Crippen LogP contribution in [0, 0.1) is 24.7 Å². The minimum Gasteiger partial charge on any atom is -0.463 e. The van der Waals surface area contributed by atoms with Gasteiger partial charge in [-0.25, -0.2) is 14.6 Å². The van der Waals surface area contributed by atoms with Crippen molar-refractivity contribution in [3.8, 4) is 17.5 Å². The monoisotopic (exact) mass is 713 g/mol. The summed E-state index contributed by atoms with van der Waals surface area (Å²) in [6.07, 6.45) is 7.19. The molecule has 0 radical (unpaired) electrons. The summed E-state index contributed by atoms with van der Waals surface area (Å²) in [6.45, 7) is 5.59. The summed E-state index contributed by atoms with van der Waals surface area (Å²) in [7, 11) is 0. The molecule has 54 heavy (non-hydrogen) atoms. The standard InChI is InChI=1S/C45H39N5O4/c1-4-53-45(52)42-38(27-37(33-16-7-5-8-17-33)34-18-9-6-10-19-34)41(44(51)54-25-13-15-32-14-12-23-46-28-32)30(2)48-43(42)35-20-11-21-36(26-35)50-31(3)49-39-29-47-24-22-40(39)50/h5-12,14,16-24,26,28-29,37-38,48H,4,25,27H2,1-3H3. The third kappa shape index (κ3) is 7.55. The fourth-order valence-electron chi connectivity index (χ4n) is 7.12. The Morgan fingerprint density at radius 3 is 2.24 bits per heavy atom. The molecule has 9 nitrogen and oxygen atoms in total. The number of aromatic nitrogens is 4. The molecule has 0 bridgehead atoms. The van der Waals surface area contributed by atoms with Crippen molar-refractivity contribution in [2.45, 2.75) is 33.1 Å². The molecule has 0 amide bonds. The Balaban J connectivity index is 1.36. The Bertz CT molecular complexity index is 2390. The van der Waals surface area contributed by atoms with E-state index in [1.54, 1.807) is 37.8 Å². The van der Waals surface area contributed by atoms with Crippen molar-refractivity contribution in [1.29, 1.82) is 0 Å². The average molecular weight is 714 g/mol. The van der Waals surface area contributed by atoms with Crippen LogP contribution in [0.5, 0.6) is 0 Å². The molecule has 4 heterocycles. The molecule has 1 unspecified atom stereocenters. The molecule has 7 rings (SSSR count). The number of pyridine rings is 2. The molecule has 1 N–H and O–H groups in total. The van der Waals surface area contributed by atoms with E-state index in [1.807, 2.05) is 86.6 Å². The van der Waals surface area contributed by atoms with E-state index in [2.05, 4.69) is 56.0 Å². The molecular weight excluding hydrogens is 675 g/mol. The van der Waals surface area contributed by atoms with Gasteiger partial charge in [0.05, 0.1) is 35.2 Å². The minimum absolute atomic E-state index is 0.140. The Morgan fingerprint density at radius 1 is 0.815 bits per heavy atom. The summed E-state index contributed by atoms with van der Waals surface area (Å²) in [5.74, 6) is 4.75. The lowest BCUT2D eigenvalue weighted by molar-refractivity contribution is -0.139. The fraction of sp³-hybridized carbons (Fsp3) is 0.178. The Morgan fingerprint density at radius 2 is 1.54 bits per heavy atom. The summed E-state index contributed by atoms with van der Waals surface area (Å²) in [4.78, 5) is 41.6. The molecular formula is C45H39N5O4. The van der Waals surface area contributed by atoms with Gasteiger partial charge in [0.2, 0.25) is 0 Å². The lowest BCUT2D eigenvalue weighted by atomic mass is 9.75. The van der Waals surface area contributed by atoms with Gasteiger partial charge in [0, 0.05) is 52.9 Å². The molecule has 0 aliphatic carbocycles. The molecule has 6 aromatic rings. The van der Waals surface area contributed by atoms with E-state index in [1.165, 1.54) is 0 Å². The van der Waals surface area contributed by atoms with Crippen LogP contribution in [-0.2, 0) is 19.1 Å². The van der Waals surface area contributed by atoms with Gasteiger partial charge in [-0.05, 0) is 68.7 Å². The normalized spacial score (nSPS) is 14.0. The highest BCUT2D eigenvalue weighted by atomic mass is 16.5. The SMILES string of the molecule is CCOC(=O)C1=C(c2cccc(-n3c(C)nc4cnccc43)c2)NC(C)=C(C(=O)OCC#Cc2cccnc2)C1CC(c1ccccc1)c1ccccc1. The second-order valence-corrected chi connectivity index (χ2v) is 12.9. The number of allylic oxidation sites excluding steroid dienone is 1. The van der Waals surface area contributed by atoms with Crippen molar-refractivity contribution < 1.29 is 19.1 Å². The number of nitrogens with one attached hydrogen (secondary N) is 1. The topological polar surface area (TPSA) is 108 Å². The highest BCUT2D eigenvalue weighted by molar-refractivity contribution is 6.04. The number of rotatable bonds is 10. The van der Waals surface area contributed by atoms with Crippen LogP contribution in [0.2, 0.25) is 0 Å². The van der Waals surface area contributed by atoms with E-state index < -0.39 is 17.9 Å². The van der Waals surface area contributed by atoms with Crippen molar-refractivity contribution >= 4 is 28.7 Å². The van der Waals surface area contributed by atoms with Crippen LogP contribution >= 0.6 is 0 Å². The summed E-state index contributed by atoms with van der Waals surface area (Å²) in [6, 6.07) is 33.8. The van der Waals surface area contributed by atoms with Gasteiger partial charge < -0.3 is 14.8 Å². The number of carbonyl (C=O) groups is 2. The zero-order chi connectivity index (χ0) is 37.4. The minimum atomic E-state index is -0.713. The quantitative estimate of drug-likeness (QED) is 0.114. The number of hydrogen-bond donors (Lipinski definition) is 1. The van der Waals surface area contributed by atoms with Crippen LogP contribution in [0.4, 0.5) is 0 Å². The molecule has 0 saturated heterocycles. The highest BCUT2D eigenvalue weighted by Crippen LogP contribution is 2.43. The van der Waals surface area contributed by atoms with Crippen molar-refractivity contribution in [3.05, 3.63) is 173 Å². The third-order valence-electron chi connectivity index (χ3n) is 9.46. The Hall–Kier alpha value is -6.79. The number of carbonyl (C=O) groups excluding carboxylic acids is 2. The smallest absolute Gasteiger partial charge is 0.337 e. The van der Waals surface area contributed by atoms with Gasteiger partial charge in [-0.1, -0.05) is 84.6 Å². The summed E-state index contributed by atoms with van der Waals surface area (Å²) < 4.78 is 13.7. The first-order chi connectivity index (χ1) is 26.4. The second kappa shape index (κ2) is 16.3. The molecule has 1 aliphatic heterocycles. The van der Waals surface area contributed by atoms with Crippen LogP contribution < -0.4 is 5.32 Å². The van der Waals surface area contributed by atoms with Crippen molar-refractivity contribution in [1.82, 2.24) is 24.8 Å².